The van der Waals surface area contributed by atoms with Crippen LogP contribution in [0.5, 0.6) is 11.5 Å². The van der Waals surface area contributed by atoms with Crippen LogP contribution in [-0.4, -0.2) is 25.7 Å². The van der Waals surface area contributed by atoms with Gasteiger partial charge >= 0.3 is 0 Å². The van der Waals surface area contributed by atoms with E-state index in [0.717, 1.165) is 5.56 Å². The fourth-order valence-corrected chi connectivity index (χ4v) is 1.86. The summed E-state index contributed by atoms with van der Waals surface area (Å²) in [6, 6.07) is 13.4. The molecule has 0 saturated heterocycles. The first-order valence-corrected chi connectivity index (χ1v) is 7.48. The average molecular weight is 317 g/mol. The van der Waals surface area contributed by atoms with Gasteiger partial charge in [0.2, 0.25) is 0 Å². The predicted molar refractivity (Wildman–Crippen MR) is 86.2 cm³/mol. The molecule has 4 nitrogen and oxygen atoms in total. The van der Waals surface area contributed by atoms with Gasteiger partial charge in [-0.3, -0.25) is 4.79 Å². The molecule has 1 N–H and O–H groups in total. The lowest BCUT2D eigenvalue weighted by Crippen LogP contribution is -2.30. The number of halogens is 1. The Kier molecular flexibility index (Phi) is 6.41. The van der Waals surface area contributed by atoms with Crippen molar-refractivity contribution in [1.82, 2.24) is 5.32 Å². The van der Waals surface area contributed by atoms with Gasteiger partial charge in [0.1, 0.15) is 17.3 Å². The molecule has 0 unspecified atom stereocenters. The monoisotopic (exact) mass is 317 g/mol. The minimum absolute atomic E-state index is 0.0120. The molecule has 0 spiro atoms. The molecule has 2 aromatic rings. The number of nitrogens with one attached hydrogen (secondary N) is 1. The van der Waals surface area contributed by atoms with Crippen molar-refractivity contribution in [1.29, 1.82) is 0 Å². The van der Waals surface area contributed by atoms with Gasteiger partial charge in [-0.05, 0) is 49.7 Å². The molecule has 2 rings (SSSR count). The van der Waals surface area contributed by atoms with Crippen molar-refractivity contribution in [2.75, 3.05) is 19.8 Å². The van der Waals surface area contributed by atoms with Crippen LogP contribution < -0.4 is 14.8 Å². The van der Waals surface area contributed by atoms with Gasteiger partial charge in [0.25, 0.3) is 5.91 Å². The Morgan fingerprint density at radius 2 is 1.61 bits per heavy atom. The highest BCUT2D eigenvalue weighted by atomic mass is 19.1. The number of carbonyl (C=O) groups excluding carboxylic acids is 1. The van der Waals surface area contributed by atoms with Crippen molar-refractivity contribution in [3.8, 4) is 11.5 Å². The van der Waals surface area contributed by atoms with Gasteiger partial charge < -0.3 is 14.8 Å². The average Bonchev–Trinajstić information content (AvgIpc) is 2.56. The Balaban J connectivity index is 1.56. The fourth-order valence-electron chi connectivity index (χ4n) is 1.86. The number of benzene rings is 2. The molecule has 0 radical (unpaired) electrons. The van der Waals surface area contributed by atoms with Crippen LogP contribution in [0.2, 0.25) is 0 Å². The predicted octanol–water partition coefficient (Wildman–Crippen LogP) is 3.10. The molecule has 0 atom stereocenters. The topological polar surface area (TPSA) is 47.6 Å². The molecular formula is C18H20FNO3. The number of carbonyl (C=O) groups is 1. The lowest BCUT2D eigenvalue weighted by atomic mass is 10.2. The van der Waals surface area contributed by atoms with Crippen LogP contribution in [0.15, 0.2) is 48.5 Å². The standard InChI is InChI=1S/C18H20FNO3/c1-14-3-7-17(8-4-14)23-13-18(21)20-11-2-12-22-16-9-5-15(19)6-10-16/h3-10H,2,11-13H2,1H3,(H,20,21). The van der Waals surface area contributed by atoms with Gasteiger partial charge in [0, 0.05) is 6.54 Å². The van der Waals surface area contributed by atoms with Crippen LogP contribution in [-0.2, 0) is 4.79 Å². The van der Waals surface area contributed by atoms with E-state index in [2.05, 4.69) is 5.32 Å². The fraction of sp³-hybridized carbons (Fsp3) is 0.278. The molecule has 0 fully saturated rings. The third kappa shape index (κ3) is 6.38. The molecule has 2 aromatic carbocycles. The van der Waals surface area contributed by atoms with Crippen LogP contribution in [0.1, 0.15) is 12.0 Å². The van der Waals surface area contributed by atoms with Gasteiger partial charge in [0.15, 0.2) is 6.61 Å². The number of hydrogen-bond acceptors (Lipinski definition) is 3. The summed E-state index contributed by atoms with van der Waals surface area (Å²) < 4.78 is 23.5. The second kappa shape index (κ2) is 8.78. The highest BCUT2D eigenvalue weighted by molar-refractivity contribution is 5.77. The summed E-state index contributed by atoms with van der Waals surface area (Å²) in [5.74, 6) is 0.816. The third-order valence-electron chi connectivity index (χ3n) is 3.12. The molecular weight excluding hydrogens is 297 g/mol. The smallest absolute Gasteiger partial charge is 0.257 e. The molecule has 122 valence electrons. The van der Waals surface area contributed by atoms with Gasteiger partial charge in [-0.25, -0.2) is 4.39 Å². The maximum Gasteiger partial charge on any atom is 0.257 e. The van der Waals surface area contributed by atoms with Crippen molar-refractivity contribution < 1.29 is 18.7 Å². The summed E-state index contributed by atoms with van der Waals surface area (Å²) in [5.41, 5.74) is 1.14. The zero-order valence-corrected chi connectivity index (χ0v) is 13.0. The van der Waals surface area contributed by atoms with E-state index in [9.17, 15) is 9.18 Å². The zero-order valence-electron chi connectivity index (χ0n) is 13.0. The molecule has 1 amide bonds. The minimum atomic E-state index is -0.293. The Bertz CT molecular complexity index is 611. The van der Waals surface area contributed by atoms with Crippen LogP contribution in [0.4, 0.5) is 4.39 Å². The van der Waals surface area contributed by atoms with E-state index in [1.165, 1.54) is 12.1 Å². The molecule has 0 heterocycles. The zero-order chi connectivity index (χ0) is 16.5. The van der Waals surface area contributed by atoms with Crippen LogP contribution in [0.25, 0.3) is 0 Å². The maximum absolute atomic E-state index is 12.7. The molecule has 5 heteroatoms. The Morgan fingerprint density at radius 3 is 2.30 bits per heavy atom. The maximum atomic E-state index is 12.7. The summed E-state index contributed by atoms with van der Waals surface area (Å²) in [7, 11) is 0. The van der Waals surface area contributed by atoms with Gasteiger partial charge in [-0.2, -0.15) is 0 Å². The summed E-state index contributed by atoms with van der Waals surface area (Å²) in [5, 5.41) is 2.76. The van der Waals surface area contributed by atoms with E-state index in [0.29, 0.717) is 31.1 Å². The molecule has 0 aliphatic rings. The minimum Gasteiger partial charge on any atom is -0.494 e. The van der Waals surface area contributed by atoms with Crippen LogP contribution in [0.3, 0.4) is 0 Å². The van der Waals surface area contributed by atoms with Gasteiger partial charge in [-0.15, -0.1) is 0 Å². The highest BCUT2D eigenvalue weighted by Gasteiger charge is 2.02. The lowest BCUT2D eigenvalue weighted by molar-refractivity contribution is -0.123. The number of amides is 1. The van der Waals surface area contributed by atoms with Crippen molar-refractivity contribution in [3.63, 3.8) is 0 Å². The Hall–Kier alpha value is -2.56. The Morgan fingerprint density at radius 1 is 1.00 bits per heavy atom. The van der Waals surface area contributed by atoms with Crippen molar-refractivity contribution >= 4 is 5.91 Å². The first-order valence-electron chi connectivity index (χ1n) is 7.48. The largest absolute Gasteiger partial charge is 0.494 e. The molecule has 0 saturated carbocycles. The van der Waals surface area contributed by atoms with E-state index in [4.69, 9.17) is 9.47 Å². The summed E-state index contributed by atoms with van der Waals surface area (Å²) in [4.78, 5) is 11.6. The van der Waals surface area contributed by atoms with Crippen molar-refractivity contribution in [2.45, 2.75) is 13.3 Å². The van der Waals surface area contributed by atoms with Crippen molar-refractivity contribution in [2.24, 2.45) is 0 Å². The van der Waals surface area contributed by atoms with E-state index >= 15 is 0 Å². The summed E-state index contributed by atoms with van der Waals surface area (Å²) in [6.45, 7) is 2.92. The number of aryl methyl sites for hydroxylation is 1. The van der Waals surface area contributed by atoms with Gasteiger partial charge in [0.05, 0.1) is 6.61 Å². The second-order valence-electron chi connectivity index (χ2n) is 5.11. The molecule has 0 aromatic heterocycles. The number of hydrogen-bond donors (Lipinski definition) is 1. The summed E-state index contributed by atoms with van der Waals surface area (Å²) in [6.07, 6.45) is 0.660. The van der Waals surface area contributed by atoms with Crippen molar-refractivity contribution in [3.05, 3.63) is 59.9 Å². The molecule has 0 aliphatic heterocycles. The van der Waals surface area contributed by atoms with Crippen LogP contribution >= 0.6 is 0 Å². The SMILES string of the molecule is Cc1ccc(OCC(=O)NCCCOc2ccc(F)cc2)cc1. The van der Waals surface area contributed by atoms with E-state index in [-0.39, 0.29) is 18.3 Å². The molecule has 0 aliphatic carbocycles. The Labute approximate surface area is 135 Å². The number of rotatable bonds is 8. The summed E-state index contributed by atoms with van der Waals surface area (Å²) >= 11 is 0. The van der Waals surface area contributed by atoms with Gasteiger partial charge in [-0.1, -0.05) is 17.7 Å². The van der Waals surface area contributed by atoms with E-state index in [1.54, 1.807) is 12.1 Å². The normalized spacial score (nSPS) is 10.2. The van der Waals surface area contributed by atoms with Crippen LogP contribution in [0, 0.1) is 12.7 Å². The second-order valence-corrected chi connectivity index (χ2v) is 5.11. The highest BCUT2D eigenvalue weighted by Crippen LogP contribution is 2.11. The van der Waals surface area contributed by atoms with E-state index < -0.39 is 0 Å². The quantitative estimate of drug-likeness (QED) is 0.761. The molecule has 0 bridgehead atoms. The first-order chi connectivity index (χ1) is 11.1. The first kappa shape index (κ1) is 16.8. The molecule has 23 heavy (non-hydrogen) atoms. The number of ether oxygens (including phenoxy) is 2. The third-order valence-corrected chi connectivity index (χ3v) is 3.12. The lowest BCUT2D eigenvalue weighted by Gasteiger charge is -2.08. The van der Waals surface area contributed by atoms with E-state index in [1.807, 2.05) is 31.2 Å².